The third-order valence-corrected chi connectivity index (χ3v) is 5.24. The number of nitrogens with zero attached hydrogens (tertiary/aromatic N) is 6. The van der Waals surface area contributed by atoms with Crippen LogP contribution in [0.2, 0.25) is 0 Å². The van der Waals surface area contributed by atoms with Crippen LogP contribution in [-0.4, -0.2) is 61.7 Å². The van der Waals surface area contributed by atoms with Crippen molar-refractivity contribution in [2.75, 3.05) is 26.3 Å². The molecule has 0 unspecified atom stereocenters. The minimum absolute atomic E-state index is 0.0593. The minimum Gasteiger partial charge on any atom is -0.372 e. The number of carbonyl (C=O) groups excluding carboxylic acids is 1. The number of carbonyl (C=O) groups is 1. The Kier molecular flexibility index (Phi) is 5.71. The second-order valence-corrected chi connectivity index (χ2v) is 7.24. The van der Waals surface area contributed by atoms with Crippen molar-refractivity contribution < 1.29 is 9.53 Å². The topological polar surface area (TPSA) is 78.1 Å². The molecule has 29 heavy (non-hydrogen) atoms. The highest BCUT2D eigenvalue weighted by Gasteiger charge is 2.28. The van der Waals surface area contributed by atoms with E-state index in [-0.39, 0.29) is 18.4 Å². The fourth-order valence-corrected chi connectivity index (χ4v) is 3.67. The molecule has 1 aliphatic heterocycles. The molecule has 0 aliphatic carbocycles. The molecule has 4 rings (SSSR count). The Balaban J connectivity index is 1.58. The first-order valence-electron chi connectivity index (χ1n) is 10.0. The highest BCUT2D eigenvalue weighted by molar-refractivity contribution is 5.77. The van der Waals surface area contributed by atoms with Crippen LogP contribution in [0.25, 0.3) is 17.1 Å². The predicted molar refractivity (Wildman–Crippen MR) is 109 cm³/mol. The summed E-state index contributed by atoms with van der Waals surface area (Å²) in [5, 5.41) is 9.07. The van der Waals surface area contributed by atoms with Crippen LogP contribution in [0.1, 0.15) is 31.5 Å². The Morgan fingerprint density at radius 2 is 1.97 bits per heavy atom. The van der Waals surface area contributed by atoms with Crippen molar-refractivity contribution in [3.05, 3.63) is 48.5 Å². The molecule has 8 heteroatoms. The van der Waals surface area contributed by atoms with Crippen molar-refractivity contribution in [2.45, 2.75) is 25.7 Å². The summed E-state index contributed by atoms with van der Waals surface area (Å²) in [7, 11) is 1.89. The van der Waals surface area contributed by atoms with Crippen molar-refractivity contribution in [3.63, 3.8) is 0 Å². The van der Waals surface area contributed by atoms with Crippen LogP contribution >= 0.6 is 0 Å². The van der Waals surface area contributed by atoms with Gasteiger partial charge in [0.1, 0.15) is 18.1 Å². The maximum atomic E-state index is 12.2. The summed E-state index contributed by atoms with van der Waals surface area (Å²) in [4.78, 5) is 19.0. The van der Waals surface area contributed by atoms with Gasteiger partial charge in [-0.3, -0.25) is 9.48 Å². The number of aryl methyl sites for hydroxylation is 1. The highest BCUT2D eigenvalue weighted by Crippen LogP contribution is 2.30. The highest BCUT2D eigenvalue weighted by atomic mass is 16.5. The Morgan fingerprint density at radius 3 is 2.62 bits per heavy atom. The van der Waals surface area contributed by atoms with E-state index >= 15 is 0 Å². The average Bonchev–Trinajstić information content (AvgIpc) is 3.39. The van der Waals surface area contributed by atoms with Crippen LogP contribution in [0.3, 0.4) is 0 Å². The minimum atomic E-state index is 0.0593. The summed E-state index contributed by atoms with van der Waals surface area (Å²) in [6, 6.07) is 9.99. The number of ether oxygens (including phenoxy) is 1. The monoisotopic (exact) mass is 394 g/mol. The summed E-state index contributed by atoms with van der Waals surface area (Å²) < 4.78 is 8.93. The summed E-state index contributed by atoms with van der Waals surface area (Å²) in [6.45, 7) is 4.02. The molecule has 152 valence electrons. The number of piperidine rings is 1. The van der Waals surface area contributed by atoms with Crippen LogP contribution in [0.4, 0.5) is 0 Å². The predicted octanol–water partition coefficient (Wildman–Crippen LogP) is 2.41. The fourth-order valence-electron chi connectivity index (χ4n) is 3.67. The van der Waals surface area contributed by atoms with Gasteiger partial charge in [0.2, 0.25) is 5.91 Å². The number of amides is 1. The number of hydrogen-bond donors (Lipinski definition) is 0. The van der Waals surface area contributed by atoms with E-state index in [1.165, 1.54) is 0 Å². The molecule has 3 heterocycles. The normalized spacial score (nSPS) is 15.0. The summed E-state index contributed by atoms with van der Waals surface area (Å²) in [5.74, 6) is 1.92. The lowest BCUT2D eigenvalue weighted by molar-refractivity contribution is -0.137. The molecule has 1 aromatic carbocycles. The van der Waals surface area contributed by atoms with Crippen LogP contribution < -0.4 is 0 Å². The van der Waals surface area contributed by atoms with Crippen LogP contribution in [0, 0.1) is 0 Å². The number of aromatic nitrogens is 5. The quantitative estimate of drug-likeness (QED) is 0.642. The first kappa shape index (κ1) is 19.3. The SMILES string of the molecule is CCOCC(=O)N1CCC(c2nc(-c3ccccc3)nn2-c2cnn(C)c2)CC1. The van der Waals surface area contributed by atoms with Gasteiger partial charge in [-0.2, -0.15) is 5.10 Å². The molecule has 0 spiro atoms. The van der Waals surface area contributed by atoms with Crippen molar-refractivity contribution in [1.82, 2.24) is 29.4 Å². The van der Waals surface area contributed by atoms with Gasteiger partial charge >= 0.3 is 0 Å². The molecule has 0 saturated carbocycles. The van der Waals surface area contributed by atoms with Crippen molar-refractivity contribution in [3.8, 4) is 17.1 Å². The fraction of sp³-hybridized carbons (Fsp3) is 0.429. The Hall–Kier alpha value is -3.00. The molecule has 1 aliphatic rings. The van der Waals surface area contributed by atoms with Gasteiger partial charge in [0.15, 0.2) is 5.82 Å². The van der Waals surface area contributed by atoms with Gasteiger partial charge in [-0.1, -0.05) is 30.3 Å². The second kappa shape index (κ2) is 8.57. The van der Waals surface area contributed by atoms with E-state index in [0.29, 0.717) is 25.5 Å². The molecule has 1 saturated heterocycles. The first-order valence-corrected chi connectivity index (χ1v) is 10.0. The Labute approximate surface area is 170 Å². The summed E-state index contributed by atoms with van der Waals surface area (Å²) >= 11 is 0. The van der Waals surface area contributed by atoms with E-state index in [2.05, 4.69) is 5.10 Å². The first-order chi connectivity index (χ1) is 14.2. The number of likely N-dealkylation sites (tertiary alicyclic amines) is 1. The zero-order valence-corrected chi connectivity index (χ0v) is 16.9. The van der Waals surface area contributed by atoms with E-state index in [0.717, 1.165) is 29.9 Å². The van der Waals surface area contributed by atoms with Crippen molar-refractivity contribution in [1.29, 1.82) is 0 Å². The molecular formula is C21H26N6O2. The van der Waals surface area contributed by atoms with Gasteiger partial charge in [-0.15, -0.1) is 5.10 Å². The lowest BCUT2D eigenvalue weighted by Crippen LogP contribution is -2.40. The Morgan fingerprint density at radius 1 is 1.21 bits per heavy atom. The van der Waals surface area contributed by atoms with Gasteiger partial charge in [-0.25, -0.2) is 9.67 Å². The standard InChI is InChI=1S/C21H26N6O2/c1-3-29-15-19(28)26-11-9-17(10-12-26)21-23-20(16-7-5-4-6-8-16)24-27(21)18-13-22-25(2)14-18/h4-8,13-14,17H,3,9-12,15H2,1-2H3. The zero-order chi connectivity index (χ0) is 20.2. The number of benzene rings is 1. The lowest BCUT2D eigenvalue weighted by atomic mass is 9.95. The van der Waals surface area contributed by atoms with E-state index in [1.807, 2.05) is 60.1 Å². The molecule has 0 bridgehead atoms. The van der Waals surface area contributed by atoms with Crippen LogP contribution in [-0.2, 0) is 16.6 Å². The van der Waals surface area contributed by atoms with E-state index in [9.17, 15) is 4.79 Å². The number of hydrogen-bond acceptors (Lipinski definition) is 5. The second-order valence-electron chi connectivity index (χ2n) is 7.24. The third-order valence-electron chi connectivity index (χ3n) is 5.24. The maximum absolute atomic E-state index is 12.2. The summed E-state index contributed by atoms with van der Waals surface area (Å²) in [5.41, 5.74) is 1.88. The Bertz CT molecular complexity index is 957. The molecule has 2 aromatic heterocycles. The molecule has 8 nitrogen and oxygen atoms in total. The van der Waals surface area contributed by atoms with Gasteiger partial charge in [0.25, 0.3) is 0 Å². The lowest BCUT2D eigenvalue weighted by Gasteiger charge is -2.31. The molecule has 0 N–H and O–H groups in total. The van der Waals surface area contributed by atoms with Crippen molar-refractivity contribution in [2.24, 2.45) is 7.05 Å². The van der Waals surface area contributed by atoms with Gasteiger partial charge in [0, 0.05) is 38.2 Å². The smallest absolute Gasteiger partial charge is 0.248 e. The van der Waals surface area contributed by atoms with Crippen molar-refractivity contribution >= 4 is 5.91 Å². The number of rotatable bonds is 6. The third kappa shape index (κ3) is 4.22. The molecule has 0 radical (unpaired) electrons. The van der Waals surface area contributed by atoms with Gasteiger partial charge in [0.05, 0.1) is 12.4 Å². The molecule has 1 fully saturated rings. The van der Waals surface area contributed by atoms with E-state index in [4.69, 9.17) is 14.8 Å². The van der Waals surface area contributed by atoms with Gasteiger partial charge in [-0.05, 0) is 19.8 Å². The molecule has 0 atom stereocenters. The zero-order valence-electron chi connectivity index (χ0n) is 16.9. The van der Waals surface area contributed by atoms with E-state index < -0.39 is 0 Å². The average molecular weight is 394 g/mol. The van der Waals surface area contributed by atoms with Gasteiger partial charge < -0.3 is 9.64 Å². The molecule has 3 aromatic rings. The molecular weight excluding hydrogens is 368 g/mol. The largest absolute Gasteiger partial charge is 0.372 e. The summed E-state index contributed by atoms with van der Waals surface area (Å²) in [6.07, 6.45) is 5.44. The van der Waals surface area contributed by atoms with E-state index in [1.54, 1.807) is 10.9 Å². The van der Waals surface area contributed by atoms with Crippen LogP contribution in [0.5, 0.6) is 0 Å². The molecule has 1 amide bonds. The van der Waals surface area contributed by atoms with Crippen LogP contribution in [0.15, 0.2) is 42.7 Å². The maximum Gasteiger partial charge on any atom is 0.248 e.